The van der Waals surface area contributed by atoms with Crippen LogP contribution in [0.4, 0.5) is 0 Å². The second kappa shape index (κ2) is 10.5. The molecule has 7 heteroatoms. The molecule has 4 aliphatic rings. The number of aliphatic hydroxyl groups is 4. The second-order valence-electron chi connectivity index (χ2n) is 15.3. The van der Waals surface area contributed by atoms with Crippen molar-refractivity contribution in [3.8, 4) is 0 Å². The van der Waals surface area contributed by atoms with E-state index in [1.807, 2.05) is 6.92 Å². The molecule has 0 aromatic carbocycles. The Hall–Kier alpha value is -1.28. The van der Waals surface area contributed by atoms with E-state index in [0.29, 0.717) is 45.1 Å². The fourth-order valence-corrected chi connectivity index (χ4v) is 9.73. The number of hydrogen-bond acceptors (Lipinski definition) is 7. The third-order valence-electron chi connectivity index (χ3n) is 12.5. The zero-order chi connectivity index (χ0) is 29.9. The summed E-state index contributed by atoms with van der Waals surface area (Å²) in [5.41, 5.74) is -3.79. The Labute approximate surface area is 240 Å². The number of carbonyl (C=O) groups excluding carboxylic acids is 2. The highest BCUT2D eigenvalue weighted by atomic mass is 16.5. The summed E-state index contributed by atoms with van der Waals surface area (Å²) in [5, 5.41) is 45.3. The van der Waals surface area contributed by atoms with Gasteiger partial charge in [-0.2, -0.15) is 0 Å². The number of carbonyl (C=O) groups is 2. The van der Waals surface area contributed by atoms with Crippen molar-refractivity contribution in [2.75, 3.05) is 13.2 Å². The largest absolute Gasteiger partial charge is 0.466 e. The standard InChI is InChI=1S/C33H54O7/c1-8-9-16-40-27(37)12-13-30(5)23-11-10-21-22-18-29(4,20-34)14-15-33(22,39)26(36)19-31(21,6)32(23,7)25(35)17-24(30)28(2,3)38/h10,22-25,34-35,38-39H,8-9,11-20H2,1-7H3/t22-,23+,24-,25-,29+,30+,31+,32-,33+/m0/s1. The Morgan fingerprint density at radius 3 is 2.45 bits per heavy atom. The van der Waals surface area contributed by atoms with Crippen LogP contribution in [0.25, 0.3) is 0 Å². The fraction of sp³-hybridized carbons (Fsp3) is 0.879. The summed E-state index contributed by atoms with van der Waals surface area (Å²) in [7, 11) is 0. The van der Waals surface area contributed by atoms with Crippen molar-refractivity contribution in [1.29, 1.82) is 0 Å². The number of unbranched alkanes of at least 4 members (excludes halogenated alkanes) is 1. The first kappa shape index (κ1) is 31.7. The first-order chi connectivity index (χ1) is 18.4. The van der Waals surface area contributed by atoms with Crippen molar-refractivity contribution in [3.63, 3.8) is 0 Å². The molecule has 9 atom stereocenters. The summed E-state index contributed by atoms with van der Waals surface area (Å²) in [5.74, 6) is -1.18. The summed E-state index contributed by atoms with van der Waals surface area (Å²) in [4.78, 5) is 26.6. The van der Waals surface area contributed by atoms with Crippen molar-refractivity contribution >= 4 is 11.8 Å². The minimum absolute atomic E-state index is 0.0000277. The number of Topliss-reactive ketones (excluding diaryl/α,β-unsaturated/α-hetero) is 1. The molecule has 0 unspecified atom stereocenters. The van der Waals surface area contributed by atoms with E-state index in [4.69, 9.17) is 4.74 Å². The van der Waals surface area contributed by atoms with E-state index in [0.717, 1.165) is 18.4 Å². The highest BCUT2D eigenvalue weighted by Crippen LogP contribution is 2.72. The van der Waals surface area contributed by atoms with Gasteiger partial charge < -0.3 is 25.2 Å². The minimum atomic E-state index is -1.44. The van der Waals surface area contributed by atoms with E-state index >= 15 is 0 Å². The van der Waals surface area contributed by atoms with Gasteiger partial charge in [-0.3, -0.25) is 9.59 Å². The number of ketones is 1. The van der Waals surface area contributed by atoms with Crippen molar-refractivity contribution in [2.45, 2.75) is 130 Å². The molecule has 0 radical (unpaired) electrons. The van der Waals surface area contributed by atoms with Gasteiger partial charge in [0.15, 0.2) is 5.78 Å². The lowest BCUT2D eigenvalue weighted by atomic mass is 9.35. The number of ether oxygens (including phenoxy) is 1. The predicted molar refractivity (Wildman–Crippen MR) is 153 cm³/mol. The summed E-state index contributed by atoms with van der Waals surface area (Å²) in [6.07, 6.45) is 6.54. The van der Waals surface area contributed by atoms with Crippen LogP contribution < -0.4 is 0 Å². The monoisotopic (exact) mass is 562 g/mol. The lowest BCUT2D eigenvalue weighted by Gasteiger charge is -2.70. The van der Waals surface area contributed by atoms with E-state index in [9.17, 15) is 30.0 Å². The smallest absolute Gasteiger partial charge is 0.305 e. The highest BCUT2D eigenvalue weighted by Gasteiger charge is 2.71. The molecule has 4 aliphatic carbocycles. The summed E-state index contributed by atoms with van der Waals surface area (Å²) < 4.78 is 5.49. The number of rotatable bonds is 8. The maximum atomic E-state index is 13.8. The maximum absolute atomic E-state index is 13.8. The number of fused-ring (bicyclic) bond motifs is 5. The molecule has 3 fully saturated rings. The predicted octanol–water partition coefficient (Wildman–Crippen LogP) is 4.73. The van der Waals surface area contributed by atoms with E-state index in [2.05, 4.69) is 33.8 Å². The van der Waals surface area contributed by atoms with Crippen LogP contribution in [-0.2, 0) is 14.3 Å². The molecule has 0 amide bonds. The van der Waals surface area contributed by atoms with Crippen LogP contribution >= 0.6 is 0 Å². The van der Waals surface area contributed by atoms with Crippen LogP contribution in [0.1, 0.15) is 113 Å². The van der Waals surface area contributed by atoms with E-state index < -0.39 is 39.5 Å². The van der Waals surface area contributed by atoms with Gasteiger partial charge in [-0.1, -0.05) is 52.7 Å². The number of aliphatic hydroxyl groups excluding tert-OH is 2. The average Bonchev–Trinajstić information content (AvgIpc) is 2.87. The van der Waals surface area contributed by atoms with Crippen LogP contribution in [0.5, 0.6) is 0 Å². The quantitative estimate of drug-likeness (QED) is 0.192. The lowest BCUT2D eigenvalue weighted by molar-refractivity contribution is -0.232. The van der Waals surface area contributed by atoms with Gasteiger partial charge in [-0.25, -0.2) is 0 Å². The van der Waals surface area contributed by atoms with Crippen LogP contribution in [-0.4, -0.2) is 62.7 Å². The Bertz CT molecular complexity index is 1030. The molecule has 228 valence electrons. The molecule has 40 heavy (non-hydrogen) atoms. The summed E-state index contributed by atoms with van der Waals surface area (Å²) >= 11 is 0. The molecule has 0 aliphatic heterocycles. The number of hydrogen-bond donors (Lipinski definition) is 4. The van der Waals surface area contributed by atoms with Crippen LogP contribution in [0.3, 0.4) is 0 Å². The van der Waals surface area contributed by atoms with Gasteiger partial charge in [-0.15, -0.1) is 0 Å². The first-order valence-electron chi connectivity index (χ1n) is 15.6. The van der Waals surface area contributed by atoms with Gasteiger partial charge in [0.25, 0.3) is 0 Å². The average molecular weight is 563 g/mol. The normalized spacial score (nSPS) is 45.2. The topological polar surface area (TPSA) is 124 Å². The SMILES string of the molecule is CCCCOC(=O)CC[C@]1(C)[C@H]2CC=C3[C@@H]4C[C@](C)(CO)CC[C@]4(O)C(=O)C[C@@]3(C)[C@]2(C)[C@@H](O)C[C@H]1C(C)(C)O. The minimum Gasteiger partial charge on any atom is -0.466 e. The van der Waals surface area contributed by atoms with Gasteiger partial charge in [-0.05, 0) is 81.5 Å². The third-order valence-corrected chi connectivity index (χ3v) is 12.5. The third kappa shape index (κ3) is 4.71. The van der Waals surface area contributed by atoms with Crippen LogP contribution in [0.2, 0.25) is 0 Å². The van der Waals surface area contributed by atoms with E-state index in [-0.39, 0.29) is 48.5 Å². The Morgan fingerprint density at radius 2 is 1.85 bits per heavy atom. The molecular weight excluding hydrogens is 508 g/mol. The van der Waals surface area contributed by atoms with Gasteiger partial charge >= 0.3 is 5.97 Å². The van der Waals surface area contributed by atoms with Crippen LogP contribution in [0.15, 0.2) is 11.6 Å². The van der Waals surface area contributed by atoms with Gasteiger partial charge in [0.2, 0.25) is 0 Å². The molecule has 0 aromatic rings. The maximum Gasteiger partial charge on any atom is 0.305 e. The van der Waals surface area contributed by atoms with Crippen molar-refractivity contribution < 1.29 is 34.8 Å². The number of esters is 1. The Morgan fingerprint density at radius 1 is 1.18 bits per heavy atom. The molecule has 3 saturated carbocycles. The Balaban J connectivity index is 1.78. The van der Waals surface area contributed by atoms with Crippen molar-refractivity contribution in [2.24, 2.45) is 39.4 Å². The summed E-state index contributed by atoms with van der Waals surface area (Å²) in [6, 6.07) is 0. The highest BCUT2D eigenvalue weighted by molar-refractivity contribution is 5.91. The molecule has 0 aromatic heterocycles. The second-order valence-corrected chi connectivity index (χ2v) is 15.3. The van der Waals surface area contributed by atoms with Gasteiger partial charge in [0.1, 0.15) is 5.60 Å². The molecule has 7 nitrogen and oxygen atoms in total. The van der Waals surface area contributed by atoms with Crippen molar-refractivity contribution in [1.82, 2.24) is 0 Å². The summed E-state index contributed by atoms with van der Waals surface area (Å²) in [6.45, 7) is 14.4. The fourth-order valence-electron chi connectivity index (χ4n) is 9.73. The van der Waals surface area contributed by atoms with Gasteiger partial charge in [0, 0.05) is 36.2 Å². The van der Waals surface area contributed by atoms with E-state index in [1.54, 1.807) is 13.8 Å². The van der Waals surface area contributed by atoms with E-state index in [1.165, 1.54) is 0 Å². The molecular formula is C33H54O7. The molecule has 0 saturated heterocycles. The molecule has 0 bridgehead atoms. The zero-order valence-corrected chi connectivity index (χ0v) is 25.9. The zero-order valence-electron chi connectivity index (χ0n) is 25.9. The first-order valence-corrected chi connectivity index (χ1v) is 15.6. The lowest BCUT2D eigenvalue weighted by Crippen LogP contribution is -2.70. The Kier molecular flexibility index (Phi) is 8.28. The van der Waals surface area contributed by atoms with Crippen molar-refractivity contribution in [3.05, 3.63) is 11.6 Å². The number of allylic oxidation sites excluding steroid dienone is 1. The molecule has 0 spiro atoms. The van der Waals surface area contributed by atoms with Gasteiger partial charge in [0.05, 0.1) is 18.3 Å². The molecule has 4 N–H and O–H groups in total. The van der Waals surface area contributed by atoms with Crippen LogP contribution in [0, 0.1) is 39.4 Å². The molecule has 4 rings (SSSR count). The molecule has 0 heterocycles.